The van der Waals surface area contributed by atoms with Crippen LogP contribution in [-0.2, 0) is 11.3 Å². The molecule has 1 aromatic rings. The summed E-state index contributed by atoms with van der Waals surface area (Å²) in [5.41, 5.74) is 1.16. The zero-order valence-electron chi connectivity index (χ0n) is 15.1. The van der Waals surface area contributed by atoms with Crippen molar-refractivity contribution < 1.29 is 4.79 Å². The Bertz CT molecular complexity index is 512. The van der Waals surface area contributed by atoms with Gasteiger partial charge in [-0.3, -0.25) is 9.69 Å². The molecule has 0 aromatic heterocycles. The van der Waals surface area contributed by atoms with E-state index in [2.05, 4.69) is 38.3 Å². The van der Waals surface area contributed by atoms with Gasteiger partial charge in [-0.25, -0.2) is 0 Å². The van der Waals surface area contributed by atoms with Crippen molar-refractivity contribution in [2.45, 2.75) is 38.8 Å². The fourth-order valence-corrected chi connectivity index (χ4v) is 3.66. The molecule has 24 heavy (non-hydrogen) atoms. The third-order valence-electron chi connectivity index (χ3n) is 5.07. The molecule has 0 saturated carbocycles. The fraction of sp³-hybridized carbons (Fsp3) is 0.632. The van der Waals surface area contributed by atoms with Gasteiger partial charge in [0.05, 0.1) is 6.04 Å². The van der Waals surface area contributed by atoms with Crippen molar-refractivity contribution in [2.75, 3.05) is 33.7 Å². The Morgan fingerprint density at radius 2 is 1.96 bits per heavy atom. The maximum absolute atomic E-state index is 12.7. The summed E-state index contributed by atoms with van der Waals surface area (Å²) in [5.74, 6) is 1.02. The first-order chi connectivity index (χ1) is 11.5. The van der Waals surface area contributed by atoms with E-state index in [1.54, 1.807) is 0 Å². The van der Waals surface area contributed by atoms with E-state index >= 15 is 0 Å². The highest BCUT2D eigenvalue weighted by Gasteiger charge is 2.28. The number of carbonyl (C=O) groups excluding carboxylic acids is 1. The van der Waals surface area contributed by atoms with Crippen molar-refractivity contribution in [3.63, 3.8) is 0 Å². The predicted molar refractivity (Wildman–Crippen MR) is 103 cm³/mol. The average Bonchev–Trinajstić information content (AvgIpc) is 2.61. The normalized spacial score (nSPS) is 17.7. The van der Waals surface area contributed by atoms with E-state index in [1.807, 2.05) is 38.1 Å². The number of carbonyl (C=O) groups is 1. The third kappa shape index (κ3) is 5.57. The molecule has 1 unspecified atom stereocenters. The molecule has 0 spiro atoms. The molecule has 1 N–H and O–H groups in total. The first kappa shape index (κ1) is 19.4. The van der Waals surface area contributed by atoms with Crippen molar-refractivity contribution in [2.24, 2.45) is 5.92 Å². The van der Waals surface area contributed by atoms with E-state index in [4.69, 9.17) is 0 Å². The lowest BCUT2D eigenvalue weighted by Crippen LogP contribution is -2.48. The molecular weight excluding hydrogens is 366 g/mol. The third-order valence-corrected chi connectivity index (χ3v) is 5.59. The Hall–Kier alpha value is -0.910. The molecule has 0 aliphatic carbocycles. The van der Waals surface area contributed by atoms with Crippen molar-refractivity contribution >= 4 is 21.8 Å². The van der Waals surface area contributed by atoms with Crippen LogP contribution in [0.25, 0.3) is 0 Å². The van der Waals surface area contributed by atoms with Gasteiger partial charge in [-0.2, -0.15) is 0 Å². The summed E-state index contributed by atoms with van der Waals surface area (Å²) in [6.45, 7) is 5.87. The summed E-state index contributed by atoms with van der Waals surface area (Å²) in [4.78, 5) is 16.9. The molecule has 1 atom stereocenters. The van der Waals surface area contributed by atoms with Crippen LogP contribution in [0.2, 0.25) is 0 Å². The second-order valence-electron chi connectivity index (χ2n) is 6.87. The highest BCUT2D eigenvalue weighted by molar-refractivity contribution is 9.10. The number of nitrogens with one attached hydrogen (secondary N) is 1. The number of nitrogens with zero attached hydrogens (tertiary/aromatic N) is 2. The molecule has 1 aliphatic heterocycles. The number of rotatable bonds is 7. The molecule has 1 heterocycles. The van der Waals surface area contributed by atoms with Gasteiger partial charge in [0.25, 0.3) is 0 Å². The number of likely N-dealkylation sites (N-methyl/N-ethyl adjacent to an activating group) is 1. The van der Waals surface area contributed by atoms with Gasteiger partial charge >= 0.3 is 0 Å². The number of hydrogen-bond donors (Lipinski definition) is 1. The highest BCUT2D eigenvalue weighted by Crippen LogP contribution is 2.22. The predicted octanol–water partition coefficient (Wildman–Crippen LogP) is 3.12. The molecule has 134 valence electrons. The molecule has 1 aromatic carbocycles. The lowest BCUT2D eigenvalue weighted by molar-refractivity contribution is -0.136. The maximum Gasteiger partial charge on any atom is 0.239 e. The minimum Gasteiger partial charge on any atom is -0.340 e. The van der Waals surface area contributed by atoms with Crippen LogP contribution in [0, 0.1) is 5.92 Å². The molecule has 5 heteroatoms. The highest BCUT2D eigenvalue weighted by atomic mass is 79.9. The second-order valence-corrected chi connectivity index (χ2v) is 7.78. The van der Waals surface area contributed by atoms with Gasteiger partial charge in [-0.15, -0.1) is 0 Å². The lowest BCUT2D eigenvalue weighted by atomic mass is 9.92. The van der Waals surface area contributed by atoms with E-state index < -0.39 is 0 Å². The van der Waals surface area contributed by atoms with Crippen molar-refractivity contribution in [1.82, 2.24) is 15.1 Å². The largest absolute Gasteiger partial charge is 0.340 e. The Kier molecular flexibility index (Phi) is 7.72. The average molecular weight is 396 g/mol. The Labute approximate surface area is 154 Å². The minimum absolute atomic E-state index is 0.0318. The van der Waals surface area contributed by atoms with E-state index in [0.29, 0.717) is 6.54 Å². The van der Waals surface area contributed by atoms with E-state index in [0.717, 1.165) is 35.6 Å². The minimum atomic E-state index is -0.0318. The van der Waals surface area contributed by atoms with Crippen LogP contribution >= 0.6 is 15.9 Å². The molecule has 1 fully saturated rings. The Morgan fingerprint density at radius 3 is 2.54 bits per heavy atom. The standard InChI is InChI=1S/C19H30BrN3O/c1-15(23-12-9-16(10-13-23)8-11-21-2)19(24)22(3)14-17-4-6-18(20)7-5-17/h4-7,15-16,21H,8-14H2,1-3H3. The van der Waals surface area contributed by atoms with Crippen LogP contribution in [0.1, 0.15) is 31.7 Å². The summed E-state index contributed by atoms with van der Waals surface area (Å²) in [5, 5.41) is 3.23. The number of piperidine rings is 1. The number of halogens is 1. The van der Waals surface area contributed by atoms with Crippen molar-refractivity contribution in [3.05, 3.63) is 34.3 Å². The lowest BCUT2D eigenvalue weighted by Gasteiger charge is -2.36. The smallest absolute Gasteiger partial charge is 0.239 e. The fourth-order valence-electron chi connectivity index (χ4n) is 3.39. The quantitative estimate of drug-likeness (QED) is 0.769. The van der Waals surface area contributed by atoms with Crippen LogP contribution in [-0.4, -0.2) is 55.5 Å². The van der Waals surface area contributed by atoms with E-state index in [-0.39, 0.29) is 11.9 Å². The number of amides is 1. The summed E-state index contributed by atoms with van der Waals surface area (Å²) in [6, 6.07) is 8.13. The molecule has 1 saturated heterocycles. The molecule has 0 bridgehead atoms. The zero-order chi connectivity index (χ0) is 17.5. The van der Waals surface area contributed by atoms with Gasteiger partial charge in [0, 0.05) is 18.1 Å². The number of benzene rings is 1. The molecule has 1 amide bonds. The summed E-state index contributed by atoms with van der Waals surface area (Å²) in [6.07, 6.45) is 3.65. The first-order valence-corrected chi connectivity index (χ1v) is 9.68. The van der Waals surface area contributed by atoms with Crippen LogP contribution in [0.5, 0.6) is 0 Å². The first-order valence-electron chi connectivity index (χ1n) is 8.89. The molecule has 4 nitrogen and oxygen atoms in total. The van der Waals surface area contributed by atoms with Gasteiger partial charge in [0.2, 0.25) is 5.91 Å². The Morgan fingerprint density at radius 1 is 1.33 bits per heavy atom. The number of likely N-dealkylation sites (tertiary alicyclic amines) is 1. The zero-order valence-corrected chi connectivity index (χ0v) is 16.7. The summed E-state index contributed by atoms with van der Waals surface area (Å²) in [7, 11) is 3.91. The van der Waals surface area contributed by atoms with Crippen LogP contribution in [0.3, 0.4) is 0 Å². The van der Waals surface area contributed by atoms with Gasteiger partial charge in [0.1, 0.15) is 0 Å². The molecular formula is C19H30BrN3O. The van der Waals surface area contributed by atoms with Crippen LogP contribution in [0.4, 0.5) is 0 Å². The topological polar surface area (TPSA) is 35.6 Å². The maximum atomic E-state index is 12.7. The van der Waals surface area contributed by atoms with E-state index in [9.17, 15) is 4.79 Å². The summed E-state index contributed by atoms with van der Waals surface area (Å²) >= 11 is 3.45. The summed E-state index contributed by atoms with van der Waals surface area (Å²) < 4.78 is 1.06. The van der Waals surface area contributed by atoms with Gasteiger partial charge < -0.3 is 10.2 Å². The molecule has 1 aliphatic rings. The second kappa shape index (κ2) is 9.54. The monoisotopic (exact) mass is 395 g/mol. The molecule has 2 rings (SSSR count). The number of hydrogen-bond acceptors (Lipinski definition) is 3. The SMILES string of the molecule is CNCCC1CCN(C(C)C(=O)N(C)Cc2ccc(Br)cc2)CC1. The van der Waals surface area contributed by atoms with Gasteiger partial charge in [0.15, 0.2) is 0 Å². The van der Waals surface area contributed by atoms with Gasteiger partial charge in [-0.05, 0) is 76.5 Å². The molecule has 0 radical (unpaired) electrons. The van der Waals surface area contributed by atoms with Crippen molar-refractivity contribution in [3.8, 4) is 0 Å². The van der Waals surface area contributed by atoms with Crippen LogP contribution < -0.4 is 5.32 Å². The van der Waals surface area contributed by atoms with Crippen molar-refractivity contribution in [1.29, 1.82) is 0 Å². The van der Waals surface area contributed by atoms with Gasteiger partial charge in [-0.1, -0.05) is 28.1 Å². The van der Waals surface area contributed by atoms with Crippen LogP contribution in [0.15, 0.2) is 28.7 Å². The van der Waals surface area contributed by atoms with E-state index in [1.165, 1.54) is 19.3 Å². The Balaban J connectivity index is 1.82.